The number of carbonyl (C=O) groups excluding carboxylic acids is 1. The number of hydrogen-bond acceptors (Lipinski definition) is 2. The summed E-state index contributed by atoms with van der Waals surface area (Å²) in [6.07, 6.45) is 5.80. The summed E-state index contributed by atoms with van der Waals surface area (Å²) in [6, 6.07) is 8.50. The Balaban J connectivity index is 1.98. The molecule has 0 unspecified atom stereocenters. The Kier molecular flexibility index (Phi) is 3.60. The maximum Gasteiger partial charge on any atom is 0.162 e. The Hall–Kier alpha value is -1.31. The molecular formula is C14H19NO. The van der Waals surface area contributed by atoms with Crippen LogP contribution in [0, 0.1) is 0 Å². The molecule has 0 aromatic heterocycles. The van der Waals surface area contributed by atoms with Gasteiger partial charge in [0.15, 0.2) is 5.78 Å². The maximum absolute atomic E-state index is 11.4. The van der Waals surface area contributed by atoms with Crippen LogP contribution in [0.2, 0.25) is 0 Å². The van der Waals surface area contributed by atoms with Gasteiger partial charge in [0.2, 0.25) is 0 Å². The van der Waals surface area contributed by atoms with Crippen LogP contribution in [0.5, 0.6) is 0 Å². The zero-order chi connectivity index (χ0) is 11.4. The van der Waals surface area contributed by atoms with Crippen LogP contribution >= 0.6 is 0 Å². The lowest BCUT2D eigenvalue weighted by atomic mass is 10.1. The van der Waals surface area contributed by atoms with Gasteiger partial charge in [-0.3, -0.25) is 4.79 Å². The van der Waals surface area contributed by atoms with Gasteiger partial charge < -0.3 is 5.32 Å². The van der Waals surface area contributed by atoms with Gasteiger partial charge in [0.1, 0.15) is 0 Å². The molecule has 0 heterocycles. The third-order valence-electron chi connectivity index (χ3n) is 3.25. The summed E-state index contributed by atoms with van der Waals surface area (Å²) in [5.41, 5.74) is 1.96. The van der Waals surface area contributed by atoms with E-state index in [0.717, 1.165) is 11.3 Å². The summed E-state index contributed by atoms with van der Waals surface area (Å²) >= 11 is 0. The predicted molar refractivity (Wildman–Crippen MR) is 66.9 cm³/mol. The van der Waals surface area contributed by atoms with Gasteiger partial charge in [-0.1, -0.05) is 19.8 Å². The van der Waals surface area contributed by atoms with E-state index in [1.807, 2.05) is 31.2 Å². The molecule has 1 fully saturated rings. The van der Waals surface area contributed by atoms with Gasteiger partial charge >= 0.3 is 0 Å². The predicted octanol–water partition coefficient (Wildman–Crippen LogP) is 3.63. The second-order valence-corrected chi connectivity index (χ2v) is 4.48. The third-order valence-corrected chi connectivity index (χ3v) is 3.25. The average molecular weight is 217 g/mol. The van der Waals surface area contributed by atoms with E-state index in [9.17, 15) is 4.79 Å². The lowest BCUT2D eigenvalue weighted by molar-refractivity contribution is 0.0988. The van der Waals surface area contributed by atoms with E-state index in [1.54, 1.807) is 0 Å². The number of ketones is 1. The van der Waals surface area contributed by atoms with Gasteiger partial charge in [0.25, 0.3) is 0 Å². The molecule has 1 aliphatic carbocycles. The SMILES string of the molecule is CCC(=O)c1ccc(NC2CCCC2)cc1. The van der Waals surface area contributed by atoms with Crippen molar-refractivity contribution in [2.45, 2.75) is 45.1 Å². The molecule has 16 heavy (non-hydrogen) atoms. The molecule has 86 valence electrons. The first-order chi connectivity index (χ1) is 7.79. The highest BCUT2D eigenvalue weighted by molar-refractivity contribution is 5.96. The summed E-state index contributed by atoms with van der Waals surface area (Å²) in [5, 5.41) is 3.51. The average Bonchev–Trinajstić information content (AvgIpc) is 2.82. The Bertz CT molecular complexity index is 350. The number of Topliss-reactive ketones (excluding diaryl/α,β-unsaturated/α-hetero) is 1. The standard InChI is InChI=1S/C14H19NO/c1-2-14(16)11-7-9-13(10-8-11)15-12-5-3-4-6-12/h7-10,12,15H,2-6H2,1H3. The van der Waals surface area contributed by atoms with Crippen LogP contribution in [0.3, 0.4) is 0 Å². The highest BCUT2D eigenvalue weighted by Crippen LogP contribution is 2.22. The molecule has 1 saturated carbocycles. The molecule has 1 aliphatic rings. The van der Waals surface area contributed by atoms with E-state index in [4.69, 9.17) is 0 Å². The fourth-order valence-electron chi connectivity index (χ4n) is 2.26. The van der Waals surface area contributed by atoms with Crippen molar-refractivity contribution in [3.05, 3.63) is 29.8 Å². The molecule has 0 bridgehead atoms. The van der Waals surface area contributed by atoms with Crippen LogP contribution in [0.15, 0.2) is 24.3 Å². The number of anilines is 1. The van der Waals surface area contributed by atoms with Crippen molar-refractivity contribution >= 4 is 11.5 Å². The molecule has 0 radical (unpaired) electrons. The quantitative estimate of drug-likeness (QED) is 0.780. The van der Waals surface area contributed by atoms with Crippen molar-refractivity contribution in [1.29, 1.82) is 0 Å². The van der Waals surface area contributed by atoms with Crippen molar-refractivity contribution in [3.8, 4) is 0 Å². The van der Waals surface area contributed by atoms with Gasteiger partial charge in [-0.15, -0.1) is 0 Å². The normalized spacial score (nSPS) is 16.3. The molecule has 0 aliphatic heterocycles. The van der Waals surface area contributed by atoms with Crippen LogP contribution in [-0.4, -0.2) is 11.8 Å². The largest absolute Gasteiger partial charge is 0.382 e. The van der Waals surface area contributed by atoms with Gasteiger partial charge in [-0.2, -0.15) is 0 Å². The van der Waals surface area contributed by atoms with Crippen LogP contribution in [0.1, 0.15) is 49.4 Å². The fraction of sp³-hybridized carbons (Fsp3) is 0.500. The van der Waals surface area contributed by atoms with Crippen molar-refractivity contribution in [2.75, 3.05) is 5.32 Å². The summed E-state index contributed by atoms with van der Waals surface area (Å²) < 4.78 is 0. The van der Waals surface area contributed by atoms with Crippen LogP contribution in [-0.2, 0) is 0 Å². The first kappa shape index (κ1) is 11.2. The number of benzene rings is 1. The second kappa shape index (κ2) is 5.15. The third kappa shape index (κ3) is 2.63. The minimum Gasteiger partial charge on any atom is -0.382 e. The summed E-state index contributed by atoms with van der Waals surface area (Å²) in [7, 11) is 0. The lowest BCUT2D eigenvalue weighted by Gasteiger charge is -2.13. The number of carbonyl (C=O) groups is 1. The first-order valence-electron chi connectivity index (χ1n) is 6.19. The lowest BCUT2D eigenvalue weighted by Crippen LogP contribution is -2.14. The van der Waals surface area contributed by atoms with Crippen LogP contribution in [0.4, 0.5) is 5.69 Å². The number of hydrogen-bond donors (Lipinski definition) is 1. The van der Waals surface area contributed by atoms with E-state index in [2.05, 4.69) is 5.32 Å². The zero-order valence-corrected chi connectivity index (χ0v) is 9.83. The van der Waals surface area contributed by atoms with Gasteiger partial charge in [-0.05, 0) is 37.1 Å². The molecule has 1 N–H and O–H groups in total. The molecule has 1 aromatic carbocycles. The Morgan fingerprint density at radius 1 is 1.25 bits per heavy atom. The topological polar surface area (TPSA) is 29.1 Å². The van der Waals surface area contributed by atoms with E-state index in [0.29, 0.717) is 12.5 Å². The summed E-state index contributed by atoms with van der Waals surface area (Å²) in [4.78, 5) is 11.4. The van der Waals surface area contributed by atoms with Gasteiger partial charge in [0.05, 0.1) is 0 Å². The highest BCUT2D eigenvalue weighted by Gasteiger charge is 2.14. The van der Waals surface area contributed by atoms with Crippen LogP contribution in [0.25, 0.3) is 0 Å². The zero-order valence-electron chi connectivity index (χ0n) is 9.83. The Morgan fingerprint density at radius 3 is 2.44 bits per heavy atom. The van der Waals surface area contributed by atoms with E-state index < -0.39 is 0 Å². The first-order valence-corrected chi connectivity index (χ1v) is 6.19. The van der Waals surface area contributed by atoms with Crippen LogP contribution < -0.4 is 5.32 Å². The maximum atomic E-state index is 11.4. The number of rotatable bonds is 4. The van der Waals surface area contributed by atoms with Crippen molar-refractivity contribution in [3.63, 3.8) is 0 Å². The van der Waals surface area contributed by atoms with Crippen molar-refractivity contribution in [1.82, 2.24) is 0 Å². The Labute approximate surface area is 97.1 Å². The number of nitrogens with one attached hydrogen (secondary N) is 1. The van der Waals surface area contributed by atoms with Crippen molar-refractivity contribution < 1.29 is 4.79 Å². The van der Waals surface area contributed by atoms with E-state index in [-0.39, 0.29) is 5.78 Å². The summed E-state index contributed by atoms with van der Waals surface area (Å²) in [5.74, 6) is 0.215. The molecule has 2 nitrogen and oxygen atoms in total. The molecule has 0 saturated heterocycles. The molecule has 0 amide bonds. The molecule has 0 atom stereocenters. The minimum absolute atomic E-state index is 0.215. The smallest absolute Gasteiger partial charge is 0.162 e. The van der Waals surface area contributed by atoms with Gasteiger partial charge in [0, 0.05) is 23.7 Å². The molecule has 2 rings (SSSR count). The monoisotopic (exact) mass is 217 g/mol. The fourth-order valence-corrected chi connectivity index (χ4v) is 2.26. The van der Waals surface area contributed by atoms with E-state index >= 15 is 0 Å². The highest BCUT2D eigenvalue weighted by atomic mass is 16.1. The van der Waals surface area contributed by atoms with Crippen molar-refractivity contribution in [2.24, 2.45) is 0 Å². The van der Waals surface area contributed by atoms with E-state index in [1.165, 1.54) is 25.7 Å². The molecule has 1 aromatic rings. The van der Waals surface area contributed by atoms with Gasteiger partial charge in [-0.25, -0.2) is 0 Å². The molecule has 2 heteroatoms. The summed E-state index contributed by atoms with van der Waals surface area (Å²) in [6.45, 7) is 1.90. The molecule has 0 spiro atoms. The molecular weight excluding hydrogens is 198 g/mol. The second-order valence-electron chi connectivity index (χ2n) is 4.48. The minimum atomic E-state index is 0.215. The Morgan fingerprint density at radius 2 is 1.88 bits per heavy atom.